The van der Waals surface area contributed by atoms with Crippen LogP contribution in [0.4, 0.5) is 0 Å². The molecule has 0 spiro atoms. The molecular formula is C30H44O7. The van der Waals surface area contributed by atoms with Crippen LogP contribution in [0.1, 0.15) is 87.0 Å². The predicted octanol–water partition coefficient (Wildman–Crippen LogP) is 4.60. The van der Waals surface area contributed by atoms with Gasteiger partial charge >= 0.3 is 17.9 Å². The molecule has 0 aromatic heterocycles. The van der Waals surface area contributed by atoms with E-state index in [4.69, 9.17) is 14.2 Å². The highest BCUT2D eigenvalue weighted by molar-refractivity contribution is 5.75. The number of rotatable bonds is 3. The highest BCUT2D eigenvalue weighted by atomic mass is 16.6. The van der Waals surface area contributed by atoms with E-state index in [1.807, 2.05) is 0 Å². The third-order valence-corrected chi connectivity index (χ3v) is 11.8. The summed E-state index contributed by atoms with van der Waals surface area (Å²) in [6.07, 6.45) is 5.28. The molecule has 0 amide bonds. The summed E-state index contributed by atoms with van der Waals surface area (Å²) in [4.78, 5) is 37.0. The zero-order valence-electron chi connectivity index (χ0n) is 23.5. The Balaban J connectivity index is 1.59. The zero-order valence-corrected chi connectivity index (χ0v) is 23.5. The first-order chi connectivity index (χ1) is 17.2. The van der Waals surface area contributed by atoms with E-state index in [9.17, 15) is 19.5 Å². The van der Waals surface area contributed by atoms with Crippen molar-refractivity contribution in [2.24, 2.45) is 45.3 Å². The second-order valence-corrected chi connectivity index (χ2v) is 13.7. The fourth-order valence-electron chi connectivity index (χ4n) is 10.1. The van der Waals surface area contributed by atoms with Crippen molar-refractivity contribution < 1.29 is 33.7 Å². The van der Waals surface area contributed by atoms with Gasteiger partial charge in [0.1, 0.15) is 12.2 Å². The maximum Gasteiger partial charge on any atom is 0.309 e. The summed E-state index contributed by atoms with van der Waals surface area (Å²) in [5, 5.41) is 11.8. The molecule has 7 nitrogen and oxygen atoms in total. The molecule has 0 aromatic rings. The van der Waals surface area contributed by atoms with Gasteiger partial charge in [0.25, 0.3) is 0 Å². The lowest BCUT2D eigenvalue weighted by atomic mass is 9.36. The molecule has 0 radical (unpaired) electrons. The van der Waals surface area contributed by atoms with E-state index < -0.39 is 28.5 Å². The molecule has 5 rings (SSSR count). The highest BCUT2D eigenvalue weighted by Gasteiger charge is 2.72. The highest BCUT2D eigenvalue weighted by Crippen LogP contribution is 2.73. The molecule has 0 bridgehead atoms. The molecule has 206 valence electrons. The summed E-state index contributed by atoms with van der Waals surface area (Å²) in [5.41, 5.74) is -0.208. The van der Waals surface area contributed by atoms with Crippen LogP contribution in [0.2, 0.25) is 0 Å². The van der Waals surface area contributed by atoms with Crippen molar-refractivity contribution in [3.63, 3.8) is 0 Å². The fourth-order valence-corrected chi connectivity index (χ4v) is 10.1. The number of carbonyl (C=O) groups is 3. The quantitative estimate of drug-likeness (QED) is 0.332. The standard InChI is InChI=1S/C30H44O7/c1-16(31)36-24-15-23(33)29(6)21-10-12-28(5)19(18-11-13-35-26(18)34)8-9-20(28)30(21,7)25(37-17(2)32)14-22(29)27(24,3)4/h9,18-19,21-25,33H,8,10-15H2,1-7H3. The minimum atomic E-state index is -0.649. The van der Waals surface area contributed by atoms with Gasteiger partial charge in [0.05, 0.1) is 18.6 Å². The summed E-state index contributed by atoms with van der Waals surface area (Å²) in [5.74, 6) is -0.581. The number of aliphatic hydroxyl groups is 1. The molecule has 10 atom stereocenters. The van der Waals surface area contributed by atoms with E-state index in [0.29, 0.717) is 19.4 Å². The molecule has 1 heterocycles. The first-order valence-corrected chi connectivity index (χ1v) is 14.1. The number of hydrogen-bond acceptors (Lipinski definition) is 7. The summed E-state index contributed by atoms with van der Waals surface area (Å²) in [6.45, 7) is 14.4. The van der Waals surface area contributed by atoms with Gasteiger partial charge in [-0.15, -0.1) is 0 Å². The largest absolute Gasteiger partial charge is 0.465 e. The summed E-state index contributed by atoms with van der Waals surface area (Å²) >= 11 is 0. The first kappa shape index (κ1) is 26.7. The molecule has 5 aliphatic rings. The van der Waals surface area contributed by atoms with E-state index in [2.05, 4.69) is 40.7 Å². The van der Waals surface area contributed by atoms with Gasteiger partial charge in [-0.1, -0.05) is 46.3 Å². The molecular weight excluding hydrogens is 472 g/mol. The van der Waals surface area contributed by atoms with Gasteiger partial charge in [0, 0.05) is 36.5 Å². The van der Waals surface area contributed by atoms with E-state index >= 15 is 0 Å². The topological polar surface area (TPSA) is 99.1 Å². The maximum absolute atomic E-state index is 12.6. The Morgan fingerprint density at radius 1 is 0.973 bits per heavy atom. The smallest absolute Gasteiger partial charge is 0.309 e. The molecule has 4 aliphatic carbocycles. The predicted molar refractivity (Wildman–Crippen MR) is 136 cm³/mol. The van der Waals surface area contributed by atoms with E-state index in [0.717, 1.165) is 25.7 Å². The molecule has 1 saturated heterocycles. The Labute approximate surface area is 220 Å². The van der Waals surface area contributed by atoms with Crippen LogP contribution in [0.25, 0.3) is 0 Å². The number of carbonyl (C=O) groups excluding carboxylic acids is 3. The Morgan fingerprint density at radius 2 is 1.62 bits per heavy atom. The van der Waals surface area contributed by atoms with Crippen LogP contribution >= 0.6 is 0 Å². The van der Waals surface area contributed by atoms with Crippen molar-refractivity contribution >= 4 is 17.9 Å². The van der Waals surface area contributed by atoms with Gasteiger partial charge < -0.3 is 19.3 Å². The summed E-state index contributed by atoms with van der Waals surface area (Å²) < 4.78 is 17.3. The van der Waals surface area contributed by atoms with Gasteiger partial charge in [0.15, 0.2) is 0 Å². The van der Waals surface area contributed by atoms with Crippen molar-refractivity contribution in [2.75, 3.05) is 6.61 Å². The molecule has 0 aromatic carbocycles. The monoisotopic (exact) mass is 516 g/mol. The minimum Gasteiger partial charge on any atom is -0.465 e. The number of fused-ring (bicyclic) bond motifs is 5. The van der Waals surface area contributed by atoms with Crippen molar-refractivity contribution in [3.8, 4) is 0 Å². The number of aliphatic hydroxyl groups excluding tert-OH is 1. The van der Waals surface area contributed by atoms with Gasteiger partial charge in [-0.05, 0) is 55.3 Å². The Bertz CT molecular complexity index is 1030. The molecule has 4 fully saturated rings. The fraction of sp³-hybridized carbons (Fsp3) is 0.833. The zero-order chi connectivity index (χ0) is 27.1. The van der Waals surface area contributed by atoms with Crippen LogP contribution in [0.3, 0.4) is 0 Å². The van der Waals surface area contributed by atoms with E-state index in [1.54, 1.807) is 0 Å². The van der Waals surface area contributed by atoms with Crippen molar-refractivity contribution in [1.29, 1.82) is 0 Å². The van der Waals surface area contributed by atoms with Gasteiger partial charge in [-0.2, -0.15) is 0 Å². The second-order valence-electron chi connectivity index (χ2n) is 13.7. The van der Waals surface area contributed by atoms with Gasteiger partial charge in [-0.25, -0.2) is 0 Å². The van der Waals surface area contributed by atoms with Gasteiger partial charge in [0.2, 0.25) is 0 Å². The minimum absolute atomic E-state index is 0.0116. The second kappa shape index (κ2) is 8.56. The number of ether oxygens (including phenoxy) is 3. The lowest BCUT2D eigenvalue weighted by Gasteiger charge is -2.69. The summed E-state index contributed by atoms with van der Waals surface area (Å²) in [7, 11) is 0. The van der Waals surface area contributed by atoms with E-state index in [1.165, 1.54) is 19.4 Å². The third kappa shape index (κ3) is 3.58. The third-order valence-electron chi connectivity index (χ3n) is 11.8. The average molecular weight is 517 g/mol. The van der Waals surface area contributed by atoms with Crippen molar-refractivity contribution in [3.05, 3.63) is 11.6 Å². The average Bonchev–Trinajstić information content (AvgIpc) is 3.36. The van der Waals surface area contributed by atoms with Crippen LogP contribution in [-0.4, -0.2) is 47.9 Å². The van der Waals surface area contributed by atoms with Crippen LogP contribution < -0.4 is 0 Å². The SMILES string of the molecule is CC(=O)OC1CC(O)C2(C)C(CC(OC(C)=O)C3(C)C4=CCC(C5CCOC5=O)C4(C)CCC32)C1(C)C. The Kier molecular flexibility index (Phi) is 6.18. The lowest BCUT2D eigenvalue weighted by Crippen LogP contribution is -2.70. The molecule has 1 N–H and O–H groups in total. The van der Waals surface area contributed by atoms with Crippen LogP contribution in [0.15, 0.2) is 11.6 Å². The van der Waals surface area contributed by atoms with Gasteiger partial charge in [-0.3, -0.25) is 14.4 Å². The molecule has 1 aliphatic heterocycles. The maximum atomic E-state index is 12.6. The van der Waals surface area contributed by atoms with Crippen molar-refractivity contribution in [2.45, 2.75) is 105 Å². The van der Waals surface area contributed by atoms with Crippen LogP contribution in [0, 0.1) is 45.3 Å². The molecule has 10 unspecified atom stereocenters. The van der Waals surface area contributed by atoms with E-state index in [-0.39, 0.29) is 53.1 Å². The molecule has 37 heavy (non-hydrogen) atoms. The van der Waals surface area contributed by atoms with Crippen LogP contribution in [0.5, 0.6) is 0 Å². The Morgan fingerprint density at radius 3 is 2.22 bits per heavy atom. The Hall–Kier alpha value is -1.89. The molecule has 3 saturated carbocycles. The number of hydrogen-bond donors (Lipinski definition) is 1. The first-order valence-electron chi connectivity index (χ1n) is 14.1. The normalized spacial score (nSPS) is 48.2. The lowest BCUT2D eigenvalue weighted by molar-refractivity contribution is -0.258. The summed E-state index contributed by atoms with van der Waals surface area (Å²) in [6, 6.07) is 0. The number of allylic oxidation sites excluding steroid dienone is 1. The number of esters is 3. The number of cyclic esters (lactones) is 1. The molecule has 7 heteroatoms. The van der Waals surface area contributed by atoms with Crippen LogP contribution in [-0.2, 0) is 28.6 Å². The van der Waals surface area contributed by atoms with Crippen molar-refractivity contribution in [1.82, 2.24) is 0 Å².